The third-order valence-electron chi connectivity index (χ3n) is 6.18. The van der Waals surface area contributed by atoms with Crippen LogP contribution in [0.4, 0.5) is 11.5 Å². The van der Waals surface area contributed by atoms with Gasteiger partial charge >= 0.3 is 0 Å². The highest BCUT2D eigenvalue weighted by Crippen LogP contribution is 2.26. The summed E-state index contributed by atoms with van der Waals surface area (Å²) in [4.78, 5) is 22.7. The van der Waals surface area contributed by atoms with E-state index in [1.54, 1.807) is 14.2 Å². The summed E-state index contributed by atoms with van der Waals surface area (Å²) in [5, 5.41) is 3.98. The van der Waals surface area contributed by atoms with Crippen molar-refractivity contribution in [1.29, 1.82) is 0 Å². The van der Waals surface area contributed by atoms with E-state index in [9.17, 15) is 4.79 Å². The molecule has 1 aromatic heterocycles. The number of hydrogen-bond donors (Lipinski definition) is 1. The number of pyridine rings is 1. The Morgan fingerprint density at radius 3 is 2.39 bits per heavy atom. The van der Waals surface area contributed by atoms with Crippen molar-refractivity contribution in [3.05, 3.63) is 60.2 Å². The van der Waals surface area contributed by atoms with Crippen LogP contribution in [0.2, 0.25) is 0 Å². The minimum absolute atomic E-state index is 0.0223. The van der Waals surface area contributed by atoms with Crippen molar-refractivity contribution in [2.24, 2.45) is 0 Å². The van der Waals surface area contributed by atoms with Crippen LogP contribution in [0, 0.1) is 0 Å². The fourth-order valence-electron chi connectivity index (χ4n) is 4.22. The van der Waals surface area contributed by atoms with Crippen molar-refractivity contribution < 1.29 is 14.3 Å². The second-order valence-corrected chi connectivity index (χ2v) is 8.25. The molecular formula is C26H32N4O3. The maximum atomic E-state index is 13.2. The minimum Gasteiger partial charge on any atom is -0.497 e. The molecule has 2 aromatic carbocycles. The topological polar surface area (TPSA) is 66.9 Å². The first-order valence-electron chi connectivity index (χ1n) is 11.5. The zero-order chi connectivity index (χ0) is 23.2. The Hall–Kier alpha value is -3.32. The third-order valence-corrected chi connectivity index (χ3v) is 6.18. The van der Waals surface area contributed by atoms with Crippen LogP contribution in [0.1, 0.15) is 23.7 Å². The molecule has 1 aliphatic rings. The lowest BCUT2D eigenvalue weighted by Crippen LogP contribution is -2.47. The zero-order valence-corrected chi connectivity index (χ0v) is 19.6. The van der Waals surface area contributed by atoms with Crippen molar-refractivity contribution >= 4 is 28.3 Å². The summed E-state index contributed by atoms with van der Waals surface area (Å²) in [6.07, 6.45) is 0.808. The van der Waals surface area contributed by atoms with E-state index in [2.05, 4.69) is 27.2 Å². The van der Waals surface area contributed by atoms with E-state index >= 15 is 0 Å². The summed E-state index contributed by atoms with van der Waals surface area (Å²) in [6.45, 7) is 5.97. The lowest BCUT2D eigenvalue weighted by molar-refractivity contribution is 0.0896. The Balaban J connectivity index is 1.54. The highest BCUT2D eigenvalue weighted by molar-refractivity contribution is 6.07. The molecule has 174 valence electrons. The predicted octanol–water partition coefficient (Wildman–Crippen LogP) is 3.72. The van der Waals surface area contributed by atoms with Gasteiger partial charge in [0, 0.05) is 44.4 Å². The number of amides is 1. The zero-order valence-electron chi connectivity index (χ0n) is 19.6. The van der Waals surface area contributed by atoms with E-state index in [-0.39, 0.29) is 11.9 Å². The number of aromatic nitrogens is 1. The van der Waals surface area contributed by atoms with Crippen LogP contribution in [0.25, 0.3) is 10.9 Å². The van der Waals surface area contributed by atoms with Crippen molar-refractivity contribution in [3.63, 3.8) is 0 Å². The molecule has 1 saturated heterocycles. The lowest BCUT2D eigenvalue weighted by Gasteiger charge is -2.37. The van der Waals surface area contributed by atoms with Gasteiger partial charge in [-0.25, -0.2) is 4.98 Å². The largest absolute Gasteiger partial charge is 0.497 e. The van der Waals surface area contributed by atoms with Gasteiger partial charge in [-0.1, -0.05) is 25.1 Å². The lowest BCUT2D eigenvalue weighted by atomic mass is 10.1. The molecule has 1 unspecified atom stereocenters. The Labute approximate surface area is 195 Å². The molecule has 0 aliphatic carbocycles. The van der Waals surface area contributed by atoms with Crippen molar-refractivity contribution in [2.75, 3.05) is 56.8 Å². The van der Waals surface area contributed by atoms with Gasteiger partial charge in [0.25, 0.3) is 5.91 Å². The molecule has 1 N–H and O–H groups in total. The van der Waals surface area contributed by atoms with Gasteiger partial charge in [0.1, 0.15) is 11.6 Å². The molecule has 3 aromatic rings. The molecule has 2 heterocycles. The molecule has 7 nitrogen and oxygen atoms in total. The van der Waals surface area contributed by atoms with E-state index in [0.29, 0.717) is 12.2 Å². The monoisotopic (exact) mass is 448 g/mol. The molecule has 33 heavy (non-hydrogen) atoms. The molecular weight excluding hydrogens is 416 g/mol. The van der Waals surface area contributed by atoms with Crippen LogP contribution in [0.5, 0.6) is 5.75 Å². The van der Waals surface area contributed by atoms with E-state index < -0.39 is 0 Å². The molecule has 0 bridgehead atoms. The van der Waals surface area contributed by atoms with Gasteiger partial charge in [-0.15, -0.1) is 0 Å². The molecule has 0 radical (unpaired) electrons. The smallest absolute Gasteiger partial charge is 0.252 e. The van der Waals surface area contributed by atoms with E-state index in [1.165, 1.54) is 5.69 Å². The summed E-state index contributed by atoms with van der Waals surface area (Å²) in [7, 11) is 3.33. The van der Waals surface area contributed by atoms with E-state index in [1.807, 2.05) is 49.4 Å². The molecule has 1 aliphatic heterocycles. The standard InChI is InChI=1S/C26H32N4O3/c1-4-19(18-32-2)27-26(31)23-17-25(28-24-8-6-5-7-22(23)24)30-15-13-29(14-16-30)20-9-11-21(33-3)12-10-20/h5-12,17,19H,4,13-16,18H2,1-3H3,(H,27,31). The number of carbonyl (C=O) groups excluding carboxylic acids is 1. The van der Waals surface area contributed by atoms with Gasteiger partial charge in [0.2, 0.25) is 0 Å². The number of ether oxygens (including phenoxy) is 2. The Morgan fingerprint density at radius 2 is 1.73 bits per heavy atom. The summed E-state index contributed by atoms with van der Waals surface area (Å²) in [5.41, 5.74) is 2.67. The normalized spacial score (nSPS) is 14.9. The number of piperazine rings is 1. The number of carbonyl (C=O) groups is 1. The minimum atomic E-state index is -0.0874. The Kier molecular flexibility index (Phi) is 7.29. The molecule has 1 fully saturated rings. The summed E-state index contributed by atoms with van der Waals surface area (Å²) < 4.78 is 10.5. The highest BCUT2D eigenvalue weighted by atomic mass is 16.5. The number of nitrogens with zero attached hydrogens (tertiary/aromatic N) is 3. The second kappa shape index (κ2) is 10.5. The SMILES string of the molecule is CCC(COC)NC(=O)c1cc(N2CCN(c3ccc(OC)cc3)CC2)nc2ccccc12. The fourth-order valence-corrected chi connectivity index (χ4v) is 4.22. The average Bonchev–Trinajstić information content (AvgIpc) is 2.87. The summed E-state index contributed by atoms with van der Waals surface area (Å²) in [5.74, 6) is 1.61. The first kappa shape index (κ1) is 22.9. The quantitative estimate of drug-likeness (QED) is 0.567. The summed E-state index contributed by atoms with van der Waals surface area (Å²) in [6, 6.07) is 17.9. The first-order valence-corrected chi connectivity index (χ1v) is 11.5. The molecule has 0 spiro atoms. The van der Waals surface area contributed by atoms with Crippen molar-refractivity contribution in [2.45, 2.75) is 19.4 Å². The van der Waals surface area contributed by atoms with E-state index in [0.717, 1.165) is 55.1 Å². The second-order valence-electron chi connectivity index (χ2n) is 8.25. The predicted molar refractivity (Wildman–Crippen MR) is 133 cm³/mol. The van der Waals surface area contributed by atoms with Crippen LogP contribution in [0.15, 0.2) is 54.6 Å². The number of benzene rings is 2. The number of hydrogen-bond acceptors (Lipinski definition) is 6. The molecule has 7 heteroatoms. The number of fused-ring (bicyclic) bond motifs is 1. The molecule has 1 atom stereocenters. The van der Waals surface area contributed by atoms with Gasteiger partial charge in [0.05, 0.1) is 30.8 Å². The van der Waals surface area contributed by atoms with Gasteiger partial charge in [-0.05, 0) is 42.8 Å². The van der Waals surface area contributed by atoms with Gasteiger partial charge < -0.3 is 24.6 Å². The Bertz CT molecular complexity index is 1080. The maximum absolute atomic E-state index is 13.2. The van der Waals surface area contributed by atoms with Gasteiger partial charge in [-0.2, -0.15) is 0 Å². The first-order chi connectivity index (χ1) is 16.1. The van der Waals surface area contributed by atoms with Crippen LogP contribution >= 0.6 is 0 Å². The number of methoxy groups -OCH3 is 2. The average molecular weight is 449 g/mol. The van der Waals surface area contributed by atoms with E-state index in [4.69, 9.17) is 14.5 Å². The molecule has 1 amide bonds. The van der Waals surface area contributed by atoms with Crippen LogP contribution in [-0.2, 0) is 4.74 Å². The van der Waals surface area contributed by atoms with Crippen LogP contribution in [-0.4, -0.2) is 63.9 Å². The highest BCUT2D eigenvalue weighted by Gasteiger charge is 2.22. The van der Waals surface area contributed by atoms with Crippen molar-refractivity contribution in [3.8, 4) is 5.75 Å². The van der Waals surface area contributed by atoms with Crippen molar-refractivity contribution in [1.82, 2.24) is 10.3 Å². The molecule has 4 rings (SSSR count). The third kappa shape index (κ3) is 5.20. The van der Waals surface area contributed by atoms with Crippen LogP contribution in [0.3, 0.4) is 0 Å². The van der Waals surface area contributed by atoms with Gasteiger partial charge in [-0.3, -0.25) is 4.79 Å². The fraction of sp³-hybridized carbons (Fsp3) is 0.385. The Morgan fingerprint density at radius 1 is 1.03 bits per heavy atom. The number of rotatable bonds is 8. The van der Waals surface area contributed by atoms with Crippen LogP contribution < -0.4 is 19.9 Å². The number of nitrogens with one attached hydrogen (secondary N) is 1. The van der Waals surface area contributed by atoms with Gasteiger partial charge in [0.15, 0.2) is 0 Å². The maximum Gasteiger partial charge on any atom is 0.252 e. The molecule has 0 saturated carbocycles. The summed E-state index contributed by atoms with van der Waals surface area (Å²) >= 11 is 0. The number of anilines is 2. The number of para-hydroxylation sites is 1.